The van der Waals surface area contributed by atoms with E-state index in [-0.39, 0.29) is 12.5 Å². The number of hydrogen-bond acceptors (Lipinski definition) is 4. The molecule has 1 rings (SSSR count). The third-order valence-electron chi connectivity index (χ3n) is 1.84. The molecule has 1 amide bonds. The summed E-state index contributed by atoms with van der Waals surface area (Å²) >= 11 is 3.30. The van der Waals surface area contributed by atoms with E-state index in [4.69, 9.17) is 5.73 Å². The van der Waals surface area contributed by atoms with Crippen molar-refractivity contribution in [3.63, 3.8) is 0 Å². The molecule has 5 nitrogen and oxygen atoms in total. The molecule has 1 aromatic rings. The highest BCUT2D eigenvalue weighted by Crippen LogP contribution is 2.26. The monoisotopic (exact) mass is 272 g/mol. The Kier molecular flexibility index (Phi) is 3.90. The Hall–Kier alpha value is -1.30. The van der Waals surface area contributed by atoms with Crippen LogP contribution in [0.2, 0.25) is 0 Å². The van der Waals surface area contributed by atoms with Crippen LogP contribution >= 0.6 is 15.9 Å². The summed E-state index contributed by atoms with van der Waals surface area (Å²) in [5.41, 5.74) is 6.91. The molecule has 6 heteroatoms. The number of aromatic nitrogens is 1. The number of likely N-dealkylation sites (N-methyl/N-ethyl adjacent to an activating group) is 1. The molecule has 0 fully saturated rings. The summed E-state index contributed by atoms with van der Waals surface area (Å²) < 4.78 is 0.744. The van der Waals surface area contributed by atoms with Crippen LogP contribution in [0.15, 0.2) is 16.9 Å². The van der Waals surface area contributed by atoms with Crippen LogP contribution in [-0.4, -0.2) is 36.4 Å². The Balaban J connectivity index is 2.69. The third kappa shape index (κ3) is 3.09. The lowest BCUT2D eigenvalue weighted by atomic mass is 10.3. The van der Waals surface area contributed by atoms with Gasteiger partial charge in [0.15, 0.2) is 0 Å². The molecular weight excluding hydrogens is 260 g/mol. The van der Waals surface area contributed by atoms with Crippen molar-refractivity contribution in [2.45, 2.75) is 0 Å². The van der Waals surface area contributed by atoms with Crippen molar-refractivity contribution < 1.29 is 4.79 Å². The maximum absolute atomic E-state index is 11.3. The average Bonchev–Trinajstić information content (AvgIpc) is 2.16. The first-order valence-electron chi connectivity index (χ1n) is 4.35. The molecule has 15 heavy (non-hydrogen) atoms. The van der Waals surface area contributed by atoms with Crippen LogP contribution in [0.4, 0.5) is 11.4 Å². The molecule has 82 valence electrons. The molecule has 0 unspecified atom stereocenters. The van der Waals surface area contributed by atoms with Crippen molar-refractivity contribution >= 4 is 33.2 Å². The molecule has 0 aromatic carbocycles. The Bertz CT molecular complexity index is 347. The minimum Gasteiger partial charge on any atom is -0.396 e. The summed E-state index contributed by atoms with van der Waals surface area (Å²) in [4.78, 5) is 16.7. The standard InChI is InChI=1S/C9H13BrN4O/c1-14(2)8(15)5-13-9-6(10)3-12-4-7(9)11/h3-4H,5,11H2,1-2H3,(H,12,13). The summed E-state index contributed by atoms with van der Waals surface area (Å²) in [7, 11) is 3.41. The largest absolute Gasteiger partial charge is 0.396 e. The Morgan fingerprint density at radius 1 is 1.60 bits per heavy atom. The molecule has 1 heterocycles. The second-order valence-corrected chi connectivity index (χ2v) is 4.08. The SMILES string of the molecule is CN(C)C(=O)CNc1c(N)cncc1Br. The van der Waals surface area contributed by atoms with Gasteiger partial charge in [-0.15, -0.1) is 0 Å². The Labute approximate surface area is 96.8 Å². The van der Waals surface area contributed by atoms with Gasteiger partial charge in [0.1, 0.15) is 0 Å². The molecule has 0 aliphatic rings. The van der Waals surface area contributed by atoms with E-state index >= 15 is 0 Å². The first-order valence-corrected chi connectivity index (χ1v) is 5.14. The third-order valence-corrected chi connectivity index (χ3v) is 2.45. The molecule has 0 saturated heterocycles. The van der Waals surface area contributed by atoms with Gasteiger partial charge in [0, 0.05) is 20.3 Å². The van der Waals surface area contributed by atoms with Crippen molar-refractivity contribution in [3.8, 4) is 0 Å². The van der Waals surface area contributed by atoms with E-state index < -0.39 is 0 Å². The number of nitrogens with zero attached hydrogens (tertiary/aromatic N) is 2. The van der Waals surface area contributed by atoms with Gasteiger partial charge in [0.05, 0.1) is 28.6 Å². The smallest absolute Gasteiger partial charge is 0.241 e. The second-order valence-electron chi connectivity index (χ2n) is 3.23. The topological polar surface area (TPSA) is 71.2 Å². The van der Waals surface area contributed by atoms with Crippen LogP contribution in [0.5, 0.6) is 0 Å². The lowest BCUT2D eigenvalue weighted by Gasteiger charge is -2.13. The van der Waals surface area contributed by atoms with Gasteiger partial charge in [-0.2, -0.15) is 0 Å². The Morgan fingerprint density at radius 3 is 2.80 bits per heavy atom. The molecule has 0 saturated carbocycles. The van der Waals surface area contributed by atoms with Crippen molar-refractivity contribution in [1.29, 1.82) is 0 Å². The van der Waals surface area contributed by atoms with E-state index in [0.717, 1.165) is 4.47 Å². The number of nitrogens with one attached hydrogen (secondary N) is 1. The highest BCUT2D eigenvalue weighted by atomic mass is 79.9. The summed E-state index contributed by atoms with van der Waals surface area (Å²) in [5, 5.41) is 2.96. The molecule has 0 atom stereocenters. The van der Waals surface area contributed by atoms with E-state index in [2.05, 4.69) is 26.2 Å². The van der Waals surface area contributed by atoms with E-state index in [0.29, 0.717) is 11.4 Å². The second kappa shape index (κ2) is 4.97. The van der Waals surface area contributed by atoms with Gasteiger partial charge in [-0.05, 0) is 15.9 Å². The highest BCUT2D eigenvalue weighted by molar-refractivity contribution is 9.10. The lowest BCUT2D eigenvalue weighted by molar-refractivity contribution is -0.126. The van der Waals surface area contributed by atoms with Gasteiger partial charge >= 0.3 is 0 Å². The van der Waals surface area contributed by atoms with Crippen molar-refractivity contribution in [1.82, 2.24) is 9.88 Å². The molecular formula is C9H13BrN4O. The minimum atomic E-state index is -0.0156. The lowest BCUT2D eigenvalue weighted by Crippen LogP contribution is -2.28. The van der Waals surface area contributed by atoms with Crippen LogP contribution in [-0.2, 0) is 4.79 Å². The van der Waals surface area contributed by atoms with Gasteiger partial charge in [-0.1, -0.05) is 0 Å². The van der Waals surface area contributed by atoms with Crippen LogP contribution < -0.4 is 11.1 Å². The summed E-state index contributed by atoms with van der Waals surface area (Å²) in [5.74, 6) is -0.0156. The fourth-order valence-electron chi connectivity index (χ4n) is 0.959. The quantitative estimate of drug-likeness (QED) is 0.859. The fraction of sp³-hybridized carbons (Fsp3) is 0.333. The summed E-state index contributed by atoms with van der Waals surface area (Å²) in [6.07, 6.45) is 3.16. The highest BCUT2D eigenvalue weighted by Gasteiger charge is 2.07. The summed E-state index contributed by atoms with van der Waals surface area (Å²) in [6.45, 7) is 0.208. The number of carbonyl (C=O) groups excluding carboxylic acids is 1. The Morgan fingerprint density at radius 2 is 2.27 bits per heavy atom. The van der Waals surface area contributed by atoms with Gasteiger partial charge in [-0.25, -0.2) is 0 Å². The molecule has 0 aliphatic heterocycles. The van der Waals surface area contributed by atoms with Crippen LogP contribution in [0.3, 0.4) is 0 Å². The van der Waals surface area contributed by atoms with Gasteiger partial charge in [0.25, 0.3) is 0 Å². The maximum atomic E-state index is 11.3. The van der Waals surface area contributed by atoms with E-state index in [1.807, 2.05) is 0 Å². The predicted octanol–water partition coefficient (Wildman–Crippen LogP) is 0.926. The molecule has 0 aliphatic carbocycles. The van der Waals surface area contributed by atoms with E-state index in [1.54, 1.807) is 20.3 Å². The molecule has 3 N–H and O–H groups in total. The van der Waals surface area contributed by atoms with E-state index in [9.17, 15) is 4.79 Å². The van der Waals surface area contributed by atoms with Crippen LogP contribution in [0, 0.1) is 0 Å². The zero-order valence-electron chi connectivity index (χ0n) is 8.62. The number of carbonyl (C=O) groups is 1. The number of pyridine rings is 1. The molecule has 0 radical (unpaired) electrons. The fourth-order valence-corrected chi connectivity index (χ4v) is 1.45. The van der Waals surface area contributed by atoms with Crippen molar-refractivity contribution in [3.05, 3.63) is 16.9 Å². The number of amides is 1. The van der Waals surface area contributed by atoms with Gasteiger partial charge in [0.2, 0.25) is 5.91 Å². The minimum absolute atomic E-state index is 0.0156. The van der Waals surface area contributed by atoms with Gasteiger partial charge in [-0.3, -0.25) is 9.78 Å². The molecule has 0 bridgehead atoms. The van der Waals surface area contributed by atoms with Crippen LogP contribution in [0.25, 0.3) is 0 Å². The number of rotatable bonds is 3. The number of nitrogen functional groups attached to an aromatic ring is 1. The van der Waals surface area contributed by atoms with E-state index in [1.165, 1.54) is 11.1 Å². The number of anilines is 2. The number of hydrogen-bond donors (Lipinski definition) is 2. The molecule has 0 spiro atoms. The average molecular weight is 273 g/mol. The van der Waals surface area contributed by atoms with Crippen molar-refractivity contribution in [2.75, 3.05) is 31.7 Å². The zero-order chi connectivity index (χ0) is 11.4. The summed E-state index contributed by atoms with van der Waals surface area (Å²) in [6, 6.07) is 0. The maximum Gasteiger partial charge on any atom is 0.241 e. The number of nitrogens with two attached hydrogens (primary N) is 1. The first kappa shape index (κ1) is 11.8. The van der Waals surface area contributed by atoms with Crippen molar-refractivity contribution in [2.24, 2.45) is 0 Å². The van der Waals surface area contributed by atoms with Gasteiger partial charge < -0.3 is 16.0 Å². The normalized spacial score (nSPS) is 9.80. The molecule has 1 aromatic heterocycles. The van der Waals surface area contributed by atoms with Crippen LogP contribution in [0.1, 0.15) is 0 Å². The first-order chi connectivity index (χ1) is 7.02. The predicted molar refractivity (Wildman–Crippen MR) is 63.5 cm³/mol. The number of halogens is 1. The zero-order valence-corrected chi connectivity index (χ0v) is 10.2.